The zero-order valence-corrected chi connectivity index (χ0v) is 12.7. The fourth-order valence-corrected chi connectivity index (χ4v) is 2.75. The summed E-state index contributed by atoms with van der Waals surface area (Å²) in [5, 5.41) is 0. The molecule has 1 saturated heterocycles. The van der Waals surface area contributed by atoms with Gasteiger partial charge in [-0.3, -0.25) is 14.5 Å². The van der Waals surface area contributed by atoms with Crippen molar-refractivity contribution >= 4 is 11.7 Å². The molecule has 0 radical (unpaired) electrons. The van der Waals surface area contributed by atoms with Crippen LogP contribution in [0, 0.1) is 0 Å². The van der Waals surface area contributed by atoms with Crippen LogP contribution in [0.2, 0.25) is 0 Å². The van der Waals surface area contributed by atoms with Gasteiger partial charge in [-0.25, -0.2) is 0 Å². The van der Waals surface area contributed by atoms with Crippen molar-refractivity contribution in [3.63, 3.8) is 0 Å². The Morgan fingerprint density at radius 1 is 1.21 bits per heavy atom. The largest absolute Gasteiger partial charge is 0.349 e. The van der Waals surface area contributed by atoms with Gasteiger partial charge in [0.1, 0.15) is 5.78 Å². The van der Waals surface area contributed by atoms with E-state index in [4.69, 9.17) is 0 Å². The monoisotopic (exact) mass is 268 g/mol. The number of rotatable bonds is 6. The lowest BCUT2D eigenvalue weighted by molar-refractivity contribution is -0.129. The van der Waals surface area contributed by atoms with Crippen LogP contribution < -0.4 is 0 Å². The molecule has 0 N–H and O–H groups in total. The van der Waals surface area contributed by atoms with Gasteiger partial charge in [-0.15, -0.1) is 0 Å². The number of hydrogen-bond donors (Lipinski definition) is 0. The van der Waals surface area contributed by atoms with E-state index in [1.54, 1.807) is 25.9 Å². The highest BCUT2D eigenvalue weighted by molar-refractivity contribution is 5.76. The number of Topliss-reactive ketones (excluding diaryl/α,β-unsaturated/α-hetero) is 1. The Morgan fingerprint density at radius 3 is 2.58 bits per heavy atom. The molecule has 1 unspecified atom stereocenters. The Kier molecular flexibility index (Phi) is 7.06. The minimum absolute atomic E-state index is 0.193. The minimum Gasteiger partial charge on any atom is -0.349 e. The third kappa shape index (κ3) is 6.19. The highest BCUT2D eigenvalue weighted by Crippen LogP contribution is 2.20. The van der Waals surface area contributed by atoms with Gasteiger partial charge in [0.05, 0.1) is 0 Å². The summed E-state index contributed by atoms with van der Waals surface area (Å²) in [5.41, 5.74) is 0. The number of ketones is 1. The van der Waals surface area contributed by atoms with E-state index in [0.717, 1.165) is 25.9 Å². The summed E-state index contributed by atoms with van der Waals surface area (Å²) in [6.45, 7) is 3.70. The van der Waals surface area contributed by atoms with Crippen LogP contribution in [-0.4, -0.2) is 54.7 Å². The Bertz CT molecular complexity index is 303. The van der Waals surface area contributed by atoms with Gasteiger partial charge in [-0.1, -0.05) is 12.8 Å². The number of carbonyl (C=O) groups is 2. The van der Waals surface area contributed by atoms with Crippen molar-refractivity contribution in [1.29, 1.82) is 0 Å². The average molecular weight is 268 g/mol. The molecule has 1 atom stereocenters. The number of carbonyl (C=O) groups excluding carboxylic acids is 2. The predicted octanol–water partition coefficient (Wildman–Crippen LogP) is 2.08. The van der Waals surface area contributed by atoms with Gasteiger partial charge in [-0.05, 0) is 39.3 Å². The summed E-state index contributed by atoms with van der Waals surface area (Å²) in [5.74, 6) is 0.471. The van der Waals surface area contributed by atoms with Crippen LogP contribution in [0.4, 0.5) is 0 Å². The fraction of sp³-hybridized carbons (Fsp3) is 0.867. The lowest BCUT2D eigenvalue weighted by atomic mass is 10.0. The van der Waals surface area contributed by atoms with Crippen molar-refractivity contribution in [2.45, 2.75) is 57.9 Å². The molecule has 0 aromatic rings. The summed E-state index contributed by atoms with van der Waals surface area (Å²) in [7, 11) is 3.60. The Labute approximate surface area is 117 Å². The van der Waals surface area contributed by atoms with Crippen LogP contribution in [0.3, 0.4) is 0 Å². The maximum Gasteiger partial charge on any atom is 0.222 e. The van der Waals surface area contributed by atoms with Crippen molar-refractivity contribution in [3.8, 4) is 0 Å². The Hall–Kier alpha value is -0.900. The Balaban J connectivity index is 2.41. The van der Waals surface area contributed by atoms with E-state index in [1.165, 1.54) is 19.3 Å². The van der Waals surface area contributed by atoms with Gasteiger partial charge in [0.25, 0.3) is 0 Å². The molecule has 0 aliphatic carbocycles. The second-order valence-corrected chi connectivity index (χ2v) is 5.84. The van der Waals surface area contributed by atoms with E-state index in [9.17, 15) is 9.59 Å². The van der Waals surface area contributed by atoms with E-state index in [0.29, 0.717) is 18.9 Å². The molecular formula is C15H28N2O2. The fourth-order valence-electron chi connectivity index (χ4n) is 2.75. The summed E-state index contributed by atoms with van der Waals surface area (Å²) in [6.07, 6.45) is 7.01. The van der Waals surface area contributed by atoms with Crippen LogP contribution in [-0.2, 0) is 9.59 Å². The van der Waals surface area contributed by atoms with Gasteiger partial charge in [0, 0.05) is 33.0 Å². The molecule has 0 saturated carbocycles. The van der Waals surface area contributed by atoms with Crippen molar-refractivity contribution in [2.24, 2.45) is 0 Å². The first-order valence-electron chi connectivity index (χ1n) is 7.44. The first-order valence-corrected chi connectivity index (χ1v) is 7.44. The number of hydrogen-bond acceptors (Lipinski definition) is 3. The van der Waals surface area contributed by atoms with E-state index >= 15 is 0 Å². The smallest absolute Gasteiger partial charge is 0.222 e. The molecule has 0 bridgehead atoms. The molecular weight excluding hydrogens is 240 g/mol. The quantitative estimate of drug-likeness (QED) is 0.740. The third-order valence-corrected chi connectivity index (χ3v) is 3.86. The zero-order chi connectivity index (χ0) is 14.3. The molecule has 1 aliphatic rings. The Morgan fingerprint density at radius 2 is 1.95 bits per heavy atom. The van der Waals surface area contributed by atoms with Gasteiger partial charge >= 0.3 is 0 Å². The van der Waals surface area contributed by atoms with Crippen molar-refractivity contribution in [2.75, 3.05) is 27.2 Å². The highest BCUT2D eigenvalue weighted by atomic mass is 16.2. The molecule has 0 aromatic heterocycles. The molecule has 0 spiro atoms. The van der Waals surface area contributed by atoms with Crippen LogP contribution >= 0.6 is 0 Å². The van der Waals surface area contributed by atoms with Crippen LogP contribution in [0.1, 0.15) is 51.9 Å². The molecule has 4 heteroatoms. The standard InChI is InChI=1S/C15H28N2O2/c1-13(18)12-14-8-5-4-6-10-17(14)11-7-9-15(19)16(2)3/h14H,4-12H2,1-3H3. The molecule has 1 aliphatic heterocycles. The van der Waals surface area contributed by atoms with Crippen molar-refractivity contribution < 1.29 is 9.59 Å². The molecule has 1 amide bonds. The van der Waals surface area contributed by atoms with E-state index < -0.39 is 0 Å². The molecule has 1 heterocycles. The van der Waals surface area contributed by atoms with Crippen LogP contribution in [0.15, 0.2) is 0 Å². The van der Waals surface area contributed by atoms with Gasteiger partial charge in [0.2, 0.25) is 5.91 Å². The number of amides is 1. The lowest BCUT2D eigenvalue weighted by Gasteiger charge is -2.29. The SMILES string of the molecule is CC(=O)CC1CCCCCN1CCCC(=O)N(C)C. The number of likely N-dealkylation sites (tertiary alicyclic amines) is 1. The second kappa shape index (κ2) is 8.31. The third-order valence-electron chi connectivity index (χ3n) is 3.86. The predicted molar refractivity (Wildman–Crippen MR) is 77.1 cm³/mol. The van der Waals surface area contributed by atoms with Gasteiger partial charge < -0.3 is 4.90 Å². The molecule has 1 rings (SSSR count). The van der Waals surface area contributed by atoms with E-state index in [1.807, 2.05) is 0 Å². The maximum absolute atomic E-state index is 11.6. The molecule has 1 fully saturated rings. The first-order chi connectivity index (χ1) is 9.00. The molecule has 0 aromatic carbocycles. The van der Waals surface area contributed by atoms with Crippen LogP contribution in [0.25, 0.3) is 0 Å². The molecule has 4 nitrogen and oxygen atoms in total. The van der Waals surface area contributed by atoms with E-state index in [-0.39, 0.29) is 11.7 Å². The lowest BCUT2D eigenvalue weighted by Crippen LogP contribution is -2.37. The highest BCUT2D eigenvalue weighted by Gasteiger charge is 2.22. The zero-order valence-electron chi connectivity index (χ0n) is 12.7. The topological polar surface area (TPSA) is 40.6 Å². The van der Waals surface area contributed by atoms with Crippen molar-refractivity contribution in [3.05, 3.63) is 0 Å². The number of nitrogens with zero attached hydrogens (tertiary/aromatic N) is 2. The summed E-state index contributed by atoms with van der Waals surface area (Å²) in [4.78, 5) is 27.0. The summed E-state index contributed by atoms with van der Waals surface area (Å²) < 4.78 is 0. The summed E-state index contributed by atoms with van der Waals surface area (Å²) >= 11 is 0. The van der Waals surface area contributed by atoms with Gasteiger partial charge in [0.15, 0.2) is 0 Å². The maximum atomic E-state index is 11.6. The normalized spacial score (nSPS) is 20.9. The van der Waals surface area contributed by atoms with Gasteiger partial charge in [-0.2, -0.15) is 0 Å². The van der Waals surface area contributed by atoms with Crippen molar-refractivity contribution in [1.82, 2.24) is 9.80 Å². The minimum atomic E-state index is 0.193. The summed E-state index contributed by atoms with van der Waals surface area (Å²) in [6, 6.07) is 0.398. The molecule has 19 heavy (non-hydrogen) atoms. The molecule has 110 valence electrons. The van der Waals surface area contributed by atoms with Crippen LogP contribution in [0.5, 0.6) is 0 Å². The van der Waals surface area contributed by atoms with E-state index in [2.05, 4.69) is 4.90 Å². The second-order valence-electron chi connectivity index (χ2n) is 5.84. The first kappa shape index (κ1) is 16.2. The average Bonchev–Trinajstić information content (AvgIpc) is 2.54.